The second-order valence-corrected chi connectivity index (χ2v) is 3.44. The van der Waals surface area contributed by atoms with Gasteiger partial charge in [-0.05, 0) is 38.0 Å². The number of hydrogen-bond donors (Lipinski definition) is 0. The quantitative estimate of drug-likeness (QED) is 0.433. The highest BCUT2D eigenvalue weighted by Crippen LogP contribution is 2.44. The van der Waals surface area contributed by atoms with Crippen molar-refractivity contribution < 1.29 is 0 Å². The van der Waals surface area contributed by atoms with Gasteiger partial charge >= 0.3 is 0 Å². The van der Waals surface area contributed by atoms with Gasteiger partial charge in [0.2, 0.25) is 0 Å². The van der Waals surface area contributed by atoms with Crippen LogP contribution in [-0.2, 0) is 0 Å². The monoisotopic (exact) mass is 122 g/mol. The summed E-state index contributed by atoms with van der Waals surface area (Å²) in [6.07, 6.45) is 7.21. The molecule has 9 heavy (non-hydrogen) atoms. The van der Waals surface area contributed by atoms with Crippen molar-refractivity contribution in [3.8, 4) is 0 Å². The maximum Gasteiger partial charge on any atom is -0.0191 e. The molecule has 1 unspecified atom stereocenters. The van der Waals surface area contributed by atoms with Crippen LogP contribution in [0.2, 0.25) is 0 Å². The normalized spacial score (nSPS) is 33.7. The summed E-state index contributed by atoms with van der Waals surface area (Å²) >= 11 is 0. The highest BCUT2D eigenvalue weighted by atomic mass is 14.3. The number of rotatable bonds is 0. The van der Waals surface area contributed by atoms with E-state index >= 15 is 0 Å². The van der Waals surface area contributed by atoms with Crippen LogP contribution in [0.3, 0.4) is 0 Å². The van der Waals surface area contributed by atoms with Crippen LogP contribution < -0.4 is 0 Å². The molecule has 0 spiro atoms. The number of allylic oxidation sites excluding steroid dienone is 2. The third-order valence-electron chi connectivity index (χ3n) is 2.62. The van der Waals surface area contributed by atoms with Crippen molar-refractivity contribution in [3.63, 3.8) is 0 Å². The first-order chi connectivity index (χ1) is 4.38. The average molecular weight is 122 g/mol. The molecule has 50 valence electrons. The molecule has 0 aromatic rings. The predicted molar refractivity (Wildman–Crippen MR) is 39.3 cm³/mol. The van der Waals surface area contributed by atoms with Gasteiger partial charge in [-0.2, -0.15) is 0 Å². The Bertz CT molecular complexity index is 145. The van der Waals surface area contributed by atoms with Gasteiger partial charge in [-0.15, -0.1) is 0 Å². The lowest BCUT2D eigenvalue weighted by Crippen LogP contribution is -1.70. The van der Waals surface area contributed by atoms with Crippen molar-refractivity contribution in [1.82, 2.24) is 0 Å². The molecule has 1 atom stereocenters. The van der Waals surface area contributed by atoms with Gasteiger partial charge in [0.05, 0.1) is 0 Å². The summed E-state index contributed by atoms with van der Waals surface area (Å²) < 4.78 is 0. The summed E-state index contributed by atoms with van der Waals surface area (Å²) in [4.78, 5) is 0. The Morgan fingerprint density at radius 2 is 1.78 bits per heavy atom. The number of hydrogen-bond acceptors (Lipinski definition) is 0. The molecule has 0 heteroatoms. The highest BCUT2D eigenvalue weighted by molar-refractivity contribution is 5.30. The van der Waals surface area contributed by atoms with Gasteiger partial charge < -0.3 is 0 Å². The average Bonchev–Trinajstić information content (AvgIpc) is 2.44. The zero-order valence-electron chi connectivity index (χ0n) is 6.11. The van der Waals surface area contributed by atoms with Crippen LogP contribution in [0.15, 0.2) is 11.1 Å². The van der Waals surface area contributed by atoms with Crippen LogP contribution in [0.25, 0.3) is 0 Å². The zero-order chi connectivity index (χ0) is 6.27. The van der Waals surface area contributed by atoms with Crippen LogP contribution in [-0.4, -0.2) is 0 Å². The maximum atomic E-state index is 2.35. The molecule has 0 amide bonds. The van der Waals surface area contributed by atoms with Crippen LogP contribution in [0.4, 0.5) is 0 Å². The molecule has 0 aliphatic heterocycles. The second-order valence-electron chi connectivity index (χ2n) is 3.44. The Labute approximate surface area is 57.0 Å². The molecule has 2 saturated carbocycles. The largest absolute Gasteiger partial charge is 0.0707 e. The van der Waals surface area contributed by atoms with Crippen molar-refractivity contribution in [2.45, 2.75) is 39.0 Å². The molecule has 0 aromatic carbocycles. The van der Waals surface area contributed by atoms with E-state index in [0.717, 1.165) is 5.92 Å². The molecule has 2 aliphatic rings. The van der Waals surface area contributed by atoms with E-state index < -0.39 is 0 Å². The lowest BCUT2D eigenvalue weighted by molar-refractivity contribution is 0.886. The molecule has 2 aliphatic carbocycles. The first kappa shape index (κ1) is 5.52. The molecular weight excluding hydrogens is 108 g/mol. The standard InChI is InChI=1S/C9H14/c1-7-6-9(7)8-4-2-3-5-8/h7H,2-6H2,1H3. The van der Waals surface area contributed by atoms with Crippen LogP contribution in [0, 0.1) is 5.92 Å². The van der Waals surface area contributed by atoms with E-state index in [0.29, 0.717) is 0 Å². The highest BCUT2D eigenvalue weighted by Gasteiger charge is 2.28. The fourth-order valence-electron chi connectivity index (χ4n) is 1.89. The Balaban J connectivity index is 2.12. The minimum absolute atomic E-state index is 0.970. The Morgan fingerprint density at radius 1 is 1.22 bits per heavy atom. The van der Waals surface area contributed by atoms with Gasteiger partial charge in [0.1, 0.15) is 0 Å². The van der Waals surface area contributed by atoms with Gasteiger partial charge in [-0.3, -0.25) is 0 Å². The Hall–Kier alpha value is -0.260. The molecule has 2 rings (SSSR count). The summed E-state index contributed by atoms with van der Waals surface area (Å²) in [5.74, 6) is 0.970. The fraction of sp³-hybridized carbons (Fsp3) is 0.778. The van der Waals surface area contributed by atoms with E-state index in [9.17, 15) is 0 Å². The molecule has 0 radical (unpaired) electrons. The molecule has 0 aromatic heterocycles. The van der Waals surface area contributed by atoms with E-state index in [-0.39, 0.29) is 0 Å². The molecule has 0 heterocycles. The third-order valence-corrected chi connectivity index (χ3v) is 2.62. The summed E-state index contributed by atoms with van der Waals surface area (Å²) in [6.45, 7) is 2.35. The topological polar surface area (TPSA) is 0 Å². The van der Waals surface area contributed by atoms with Crippen molar-refractivity contribution in [2.75, 3.05) is 0 Å². The lowest BCUT2D eigenvalue weighted by atomic mass is 10.2. The van der Waals surface area contributed by atoms with Crippen molar-refractivity contribution in [2.24, 2.45) is 5.92 Å². The minimum atomic E-state index is 0.970. The van der Waals surface area contributed by atoms with E-state index in [1.807, 2.05) is 11.1 Å². The van der Waals surface area contributed by atoms with Gasteiger partial charge in [-0.25, -0.2) is 0 Å². The fourth-order valence-corrected chi connectivity index (χ4v) is 1.89. The van der Waals surface area contributed by atoms with Gasteiger partial charge in [0.25, 0.3) is 0 Å². The SMILES string of the molecule is CC1CC1=C1CCCC1. The van der Waals surface area contributed by atoms with Gasteiger partial charge in [0, 0.05) is 0 Å². The maximum absolute atomic E-state index is 2.35. The second kappa shape index (κ2) is 1.86. The Kier molecular flexibility index (Phi) is 1.14. The summed E-state index contributed by atoms with van der Waals surface area (Å²) in [6, 6.07) is 0. The van der Waals surface area contributed by atoms with Crippen molar-refractivity contribution in [3.05, 3.63) is 11.1 Å². The molecule has 0 saturated heterocycles. The molecular formula is C9H14. The first-order valence-electron chi connectivity index (χ1n) is 4.08. The molecule has 0 N–H and O–H groups in total. The smallest absolute Gasteiger partial charge is 0.0191 e. The van der Waals surface area contributed by atoms with E-state index in [4.69, 9.17) is 0 Å². The predicted octanol–water partition coefficient (Wildman–Crippen LogP) is 2.90. The lowest BCUT2D eigenvalue weighted by Gasteiger charge is -1.89. The minimum Gasteiger partial charge on any atom is -0.0707 e. The third kappa shape index (κ3) is 0.910. The zero-order valence-corrected chi connectivity index (χ0v) is 6.11. The summed E-state index contributed by atoms with van der Waals surface area (Å²) in [7, 11) is 0. The van der Waals surface area contributed by atoms with E-state index in [2.05, 4.69) is 6.92 Å². The summed E-state index contributed by atoms with van der Waals surface area (Å²) in [5.41, 5.74) is 3.63. The first-order valence-corrected chi connectivity index (χ1v) is 4.08. The molecule has 2 fully saturated rings. The van der Waals surface area contributed by atoms with Gasteiger partial charge in [0.15, 0.2) is 0 Å². The summed E-state index contributed by atoms with van der Waals surface area (Å²) in [5, 5.41) is 0. The van der Waals surface area contributed by atoms with Crippen molar-refractivity contribution >= 4 is 0 Å². The van der Waals surface area contributed by atoms with E-state index in [1.54, 1.807) is 0 Å². The van der Waals surface area contributed by atoms with Crippen molar-refractivity contribution in [1.29, 1.82) is 0 Å². The van der Waals surface area contributed by atoms with Crippen LogP contribution in [0.5, 0.6) is 0 Å². The molecule has 0 bridgehead atoms. The van der Waals surface area contributed by atoms with Gasteiger partial charge in [-0.1, -0.05) is 18.1 Å². The molecule has 0 nitrogen and oxygen atoms in total. The van der Waals surface area contributed by atoms with Crippen LogP contribution in [0.1, 0.15) is 39.0 Å². The van der Waals surface area contributed by atoms with E-state index in [1.165, 1.54) is 32.1 Å². The Morgan fingerprint density at radius 3 is 2.22 bits per heavy atom. The van der Waals surface area contributed by atoms with Crippen LogP contribution >= 0.6 is 0 Å².